The zero-order chi connectivity index (χ0) is 7.82. The lowest BCUT2D eigenvalue weighted by Gasteiger charge is -2.07. The van der Waals surface area contributed by atoms with Crippen molar-refractivity contribution in [2.75, 3.05) is 12.0 Å². The van der Waals surface area contributed by atoms with Crippen molar-refractivity contribution in [2.24, 2.45) is 5.73 Å². The van der Waals surface area contributed by atoms with Crippen LogP contribution in [0.3, 0.4) is 0 Å². The Morgan fingerprint density at radius 1 is 1.40 bits per heavy atom. The summed E-state index contributed by atoms with van der Waals surface area (Å²) in [6, 6.07) is 0.432. The van der Waals surface area contributed by atoms with Crippen molar-refractivity contribution in [1.82, 2.24) is 0 Å². The molecule has 0 aliphatic carbocycles. The number of hydrogen-bond donors (Lipinski definition) is 1. The van der Waals surface area contributed by atoms with Crippen LogP contribution in [0.25, 0.3) is 0 Å². The summed E-state index contributed by atoms with van der Waals surface area (Å²) in [4.78, 5) is 0. The first-order valence-electron chi connectivity index (χ1n) is 4.05. The van der Waals surface area contributed by atoms with Crippen molar-refractivity contribution in [3.8, 4) is 0 Å². The largest absolute Gasteiger partial charge is 0.327 e. The predicted octanol–water partition coefficient (Wildman–Crippen LogP) is 2.26. The van der Waals surface area contributed by atoms with E-state index in [-0.39, 0.29) is 0 Å². The van der Waals surface area contributed by atoms with E-state index in [2.05, 4.69) is 13.2 Å². The van der Waals surface area contributed by atoms with E-state index in [1.807, 2.05) is 11.8 Å². The number of hydrogen-bond acceptors (Lipinski definition) is 2. The Bertz CT molecular complexity index is 66.3. The van der Waals surface area contributed by atoms with E-state index < -0.39 is 0 Å². The number of thioether (sulfide) groups is 1. The molecule has 0 aromatic rings. The zero-order valence-electron chi connectivity index (χ0n) is 7.10. The fourth-order valence-electron chi connectivity index (χ4n) is 0.954. The SMILES string of the molecule is CCCCCC(N)CSC. The highest BCUT2D eigenvalue weighted by atomic mass is 32.2. The lowest BCUT2D eigenvalue weighted by atomic mass is 10.1. The summed E-state index contributed by atoms with van der Waals surface area (Å²) in [7, 11) is 0. The van der Waals surface area contributed by atoms with Crippen LogP contribution in [0.15, 0.2) is 0 Å². The predicted molar refractivity (Wildman–Crippen MR) is 50.5 cm³/mol. The Morgan fingerprint density at radius 2 is 2.10 bits per heavy atom. The second-order valence-electron chi connectivity index (χ2n) is 2.71. The van der Waals surface area contributed by atoms with Gasteiger partial charge in [0.25, 0.3) is 0 Å². The van der Waals surface area contributed by atoms with Gasteiger partial charge < -0.3 is 5.73 Å². The van der Waals surface area contributed by atoms with Gasteiger partial charge in [0.1, 0.15) is 0 Å². The van der Waals surface area contributed by atoms with Gasteiger partial charge in [0.2, 0.25) is 0 Å². The summed E-state index contributed by atoms with van der Waals surface area (Å²) in [6.45, 7) is 2.22. The van der Waals surface area contributed by atoms with Gasteiger partial charge in [-0.15, -0.1) is 0 Å². The van der Waals surface area contributed by atoms with Gasteiger partial charge in [-0.2, -0.15) is 11.8 Å². The Hall–Kier alpha value is 0.310. The molecule has 2 N–H and O–H groups in total. The van der Waals surface area contributed by atoms with Crippen LogP contribution in [0.4, 0.5) is 0 Å². The standard InChI is InChI=1S/C8H19NS/c1-3-4-5-6-8(9)7-10-2/h8H,3-7,9H2,1-2H3. The minimum atomic E-state index is 0.432. The lowest BCUT2D eigenvalue weighted by molar-refractivity contribution is 0.597. The fourth-order valence-corrected chi connectivity index (χ4v) is 1.55. The average molecular weight is 161 g/mol. The normalized spacial score (nSPS) is 13.5. The van der Waals surface area contributed by atoms with Crippen LogP contribution in [-0.4, -0.2) is 18.1 Å². The summed E-state index contributed by atoms with van der Waals surface area (Å²) >= 11 is 1.84. The first kappa shape index (κ1) is 10.3. The first-order chi connectivity index (χ1) is 4.81. The highest BCUT2D eigenvalue weighted by Crippen LogP contribution is 2.05. The van der Waals surface area contributed by atoms with Crippen molar-refractivity contribution < 1.29 is 0 Å². The van der Waals surface area contributed by atoms with Crippen LogP contribution >= 0.6 is 11.8 Å². The summed E-state index contributed by atoms with van der Waals surface area (Å²) < 4.78 is 0. The van der Waals surface area contributed by atoms with Gasteiger partial charge in [0.05, 0.1) is 0 Å². The van der Waals surface area contributed by atoms with E-state index in [9.17, 15) is 0 Å². The monoisotopic (exact) mass is 161 g/mol. The molecule has 62 valence electrons. The molecule has 0 rings (SSSR count). The first-order valence-corrected chi connectivity index (χ1v) is 5.45. The zero-order valence-corrected chi connectivity index (χ0v) is 7.91. The van der Waals surface area contributed by atoms with E-state index in [0.717, 1.165) is 5.75 Å². The van der Waals surface area contributed by atoms with Crippen molar-refractivity contribution in [3.05, 3.63) is 0 Å². The molecule has 0 bridgehead atoms. The van der Waals surface area contributed by atoms with Gasteiger partial charge in [-0.3, -0.25) is 0 Å². The van der Waals surface area contributed by atoms with Gasteiger partial charge >= 0.3 is 0 Å². The van der Waals surface area contributed by atoms with Crippen molar-refractivity contribution in [1.29, 1.82) is 0 Å². The maximum atomic E-state index is 5.80. The molecule has 0 fully saturated rings. The minimum absolute atomic E-state index is 0.432. The molecular formula is C8H19NS. The van der Waals surface area contributed by atoms with Gasteiger partial charge in [-0.05, 0) is 12.7 Å². The Balaban J connectivity index is 2.97. The maximum Gasteiger partial charge on any atom is 0.0130 e. The van der Waals surface area contributed by atoms with Crippen LogP contribution in [0.1, 0.15) is 32.6 Å². The van der Waals surface area contributed by atoms with Gasteiger partial charge in [-0.1, -0.05) is 26.2 Å². The molecule has 1 unspecified atom stereocenters. The van der Waals surface area contributed by atoms with Crippen LogP contribution < -0.4 is 5.73 Å². The lowest BCUT2D eigenvalue weighted by Crippen LogP contribution is -2.22. The molecule has 1 nitrogen and oxygen atoms in total. The van der Waals surface area contributed by atoms with E-state index in [1.54, 1.807) is 0 Å². The van der Waals surface area contributed by atoms with E-state index in [4.69, 9.17) is 5.73 Å². The Kier molecular flexibility index (Phi) is 7.65. The van der Waals surface area contributed by atoms with Crippen molar-refractivity contribution >= 4 is 11.8 Å². The van der Waals surface area contributed by atoms with E-state index in [1.165, 1.54) is 25.7 Å². The molecule has 0 amide bonds. The summed E-state index contributed by atoms with van der Waals surface area (Å²) in [5.74, 6) is 1.11. The molecule has 0 heterocycles. The Morgan fingerprint density at radius 3 is 2.60 bits per heavy atom. The highest BCUT2D eigenvalue weighted by molar-refractivity contribution is 7.98. The summed E-state index contributed by atoms with van der Waals surface area (Å²) in [6.07, 6.45) is 7.25. The molecule has 0 saturated heterocycles. The van der Waals surface area contributed by atoms with Crippen molar-refractivity contribution in [3.63, 3.8) is 0 Å². The fraction of sp³-hybridized carbons (Fsp3) is 1.00. The summed E-state index contributed by atoms with van der Waals surface area (Å²) in [5.41, 5.74) is 5.80. The third-order valence-corrected chi connectivity index (χ3v) is 2.32. The molecule has 10 heavy (non-hydrogen) atoms. The number of unbranched alkanes of at least 4 members (excludes halogenated alkanes) is 2. The smallest absolute Gasteiger partial charge is 0.0130 e. The molecule has 1 atom stereocenters. The second kappa shape index (κ2) is 7.42. The molecule has 0 radical (unpaired) electrons. The van der Waals surface area contributed by atoms with Gasteiger partial charge in [0, 0.05) is 11.8 Å². The van der Waals surface area contributed by atoms with Crippen LogP contribution in [0.2, 0.25) is 0 Å². The molecule has 2 heteroatoms. The Labute approximate surface area is 68.8 Å². The second-order valence-corrected chi connectivity index (χ2v) is 3.62. The van der Waals surface area contributed by atoms with Crippen LogP contribution in [0.5, 0.6) is 0 Å². The van der Waals surface area contributed by atoms with E-state index in [0.29, 0.717) is 6.04 Å². The third-order valence-electron chi connectivity index (χ3n) is 1.56. The number of rotatable bonds is 6. The van der Waals surface area contributed by atoms with Gasteiger partial charge in [0.15, 0.2) is 0 Å². The van der Waals surface area contributed by atoms with E-state index >= 15 is 0 Å². The van der Waals surface area contributed by atoms with Gasteiger partial charge in [-0.25, -0.2) is 0 Å². The van der Waals surface area contributed by atoms with Crippen LogP contribution in [-0.2, 0) is 0 Å². The highest BCUT2D eigenvalue weighted by Gasteiger charge is 1.98. The molecule has 0 aromatic carbocycles. The number of nitrogens with two attached hydrogens (primary N) is 1. The average Bonchev–Trinajstić information content (AvgIpc) is 1.89. The van der Waals surface area contributed by atoms with Crippen molar-refractivity contribution in [2.45, 2.75) is 38.6 Å². The maximum absolute atomic E-state index is 5.80. The summed E-state index contributed by atoms with van der Waals surface area (Å²) in [5, 5.41) is 0. The topological polar surface area (TPSA) is 26.0 Å². The molecule has 0 aromatic heterocycles. The third kappa shape index (κ3) is 6.43. The minimum Gasteiger partial charge on any atom is -0.327 e. The molecular weight excluding hydrogens is 142 g/mol. The quantitative estimate of drug-likeness (QED) is 0.605. The molecule has 0 spiro atoms. The molecule has 0 aliphatic rings. The molecule has 0 saturated carbocycles. The van der Waals surface area contributed by atoms with Crippen LogP contribution in [0, 0.1) is 0 Å². The molecule has 0 aliphatic heterocycles.